The average Bonchev–Trinajstić information content (AvgIpc) is 3.62. The van der Waals surface area contributed by atoms with Crippen LogP contribution in [0, 0.1) is 28.6 Å². The second kappa shape index (κ2) is 12.5. The zero-order valence-corrected chi connectivity index (χ0v) is 28.3. The van der Waals surface area contributed by atoms with Crippen LogP contribution >= 0.6 is 0 Å². The molecule has 4 saturated carbocycles. The van der Waals surface area contributed by atoms with E-state index in [0.29, 0.717) is 38.5 Å². The fraction of sp³-hybridized carbons (Fsp3) is 0.886. The summed E-state index contributed by atoms with van der Waals surface area (Å²) in [6, 6.07) is 0. The lowest BCUT2D eigenvalue weighted by Gasteiger charge is -2.66. The Labute approximate surface area is 285 Å². The van der Waals surface area contributed by atoms with Crippen molar-refractivity contribution in [3.8, 4) is 0 Å². The van der Waals surface area contributed by atoms with E-state index in [9.17, 15) is 45.3 Å². The van der Waals surface area contributed by atoms with Crippen LogP contribution in [0.15, 0.2) is 11.6 Å². The van der Waals surface area contributed by atoms with Crippen LogP contribution in [0.4, 0.5) is 0 Å². The Morgan fingerprint density at radius 1 is 0.796 bits per heavy atom. The van der Waals surface area contributed by atoms with Crippen molar-refractivity contribution in [3.63, 3.8) is 0 Å². The zero-order valence-electron chi connectivity index (χ0n) is 28.3. The number of cyclic esters (lactones) is 1. The van der Waals surface area contributed by atoms with E-state index in [0.717, 1.165) is 11.9 Å². The highest BCUT2D eigenvalue weighted by molar-refractivity contribution is 5.85. The molecule has 0 aromatic heterocycles. The minimum atomic E-state index is -1.62. The highest BCUT2D eigenvalue weighted by Gasteiger charge is 2.73. The summed E-state index contributed by atoms with van der Waals surface area (Å²) in [6.07, 6.45) is -7.55. The van der Waals surface area contributed by atoms with E-state index < -0.39 is 89.5 Å². The number of hydrogen-bond acceptors (Lipinski definition) is 14. The van der Waals surface area contributed by atoms with Gasteiger partial charge in [-0.15, -0.1) is 0 Å². The molecule has 0 bridgehead atoms. The van der Waals surface area contributed by atoms with E-state index in [1.807, 2.05) is 0 Å². The van der Waals surface area contributed by atoms with Gasteiger partial charge in [0.25, 0.3) is 0 Å². The van der Waals surface area contributed by atoms with Crippen LogP contribution in [0.3, 0.4) is 0 Å². The van der Waals surface area contributed by atoms with Gasteiger partial charge in [-0.3, -0.25) is 0 Å². The van der Waals surface area contributed by atoms with Gasteiger partial charge in [0.2, 0.25) is 0 Å². The van der Waals surface area contributed by atoms with Crippen molar-refractivity contribution < 1.29 is 69.0 Å². The molecule has 2 saturated heterocycles. The van der Waals surface area contributed by atoms with E-state index >= 15 is 0 Å². The topological polar surface area (TPSA) is 222 Å². The molecule has 49 heavy (non-hydrogen) atoms. The van der Waals surface area contributed by atoms with Crippen LogP contribution in [0.1, 0.15) is 78.6 Å². The summed E-state index contributed by atoms with van der Waals surface area (Å²) in [7, 11) is 0. The lowest BCUT2D eigenvalue weighted by atomic mass is 9.41. The summed E-state index contributed by atoms with van der Waals surface area (Å²) < 4.78 is 29.9. The number of hydrogen-bond donors (Lipinski definition) is 7. The first-order valence-electron chi connectivity index (χ1n) is 17.9. The number of esters is 1. The third-order valence-electron chi connectivity index (χ3n) is 14.1. The molecule has 7 rings (SSSR count). The van der Waals surface area contributed by atoms with Crippen LogP contribution in [0.5, 0.6) is 0 Å². The first kappa shape index (κ1) is 35.8. The Bertz CT molecular complexity index is 1330. The summed E-state index contributed by atoms with van der Waals surface area (Å²) in [5.41, 5.74) is -3.26. The number of fused-ring (bicyclic) bond motifs is 5. The van der Waals surface area contributed by atoms with Gasteiger partial charge in [0, 0.05) is 17.9 Å². The van der Waals surface area contributed by atoms with E-state index in [1.165, 1.54) is 0 Å². The van der Waals surface area contributed by atoms with Crippen molar-refractivity contribution in [2.24, 2.45) is 28.6 Å². The Morgan fingerprint density at radius 2 is 1.43 bits per heavy atom. The van der Waals surface area contributed by atoms with Gasteiger partial charge < -0.3 is 64.2 Å². The maximum Gasteiger partial charge on any atom is 0.331 e. The summed E-state index contributed by atoms with van der Waals surface area (Å²) in [6.45, 7) is 5.42. The summed E-state index contributed by atoms with van der Waals surface area (Å²) >= 11 is 0. The van der Waals surface area contributed by atoms with E-state index in [1.54, 1.807) is 19.9 Å². The lowest BCUT2D eigenvalue weighted by Crippen LogP contribution is -2.71. The summed E-state index contributed by atoms with van der Waals surface area (Å²) in [5.74, 6) is -1.01. The maximum absolute atomic E-state index is 13.8. The van der Waals surface area contributed by atoms with Crippen LogP contribution in [0.2, 0.25) is 0 Å². The van der Waals surface area contributed by atoms with Crippen LogP contribution in [-0.2, 0) is 33.3 Å². The second-order valence-corrected chi connectivity index (χ2v) is 16.2. The third kappa shape index (κ3) is 5.23. The zero-order chi connectivity index (χ0) is 35.3. The molecular weight excluding hydrogens is 644 g/mol. The van der Waals surface area contributed by atoms with Gasteiger partial charge in [-0.1, -0.05) is 6.92 Å². The van der Waals surface area contributed by atoms with Crippen molar-refractivity contribution >= 4 is 12.3 Å². The molecule has 3 heterocycles. The smallest absolute Gasteiger partial charge is 0.331 e. The van der Waals surface area contributed by atoms with Gasteiger partial charge in [0.1, 0.15) is 49.5 Å². The first-order chi connectivity index (χ1) is 23.1. The van der Waals surface area contributed by atoms with Gasteiger partial charge in [-0.2, -0.15) is 0 Å². The fourth-order valence-corrected chi connectivity index (χ4v) is 11.3. The molecule has 0 amide bonds. The Hall–Kier alpha value is -1.56. The molecule has 18 unspecified atom stereocenters. The highest BCUT2D eigenvalue weighted by Crippen LogP contribution is 2.71. The van der Waals surface area contributed by atoms with E-state index in [-0.39, 0.29) is 49.6 Å². The molecule has 0 radical (unpaired) electrons. The van der Waals surface area contributed by atoms with Gasteiger partial charge in [-0.05, 0) is 88.5 Å². The molecule has 0 aromatic carbocycles. The molecule has 0 spiro atoms. The van der Waals surface area contributed by atoms with Crippen molar-refractivity contribution in [1.82, 2.24) is 0 Å². The largest absolute Gasteiger partial charge is 0.458 e. The number of aliphatic hydroxyl groups excluding tert-OH is 6. The van der Waals surface area contributed by atoms with Crippen LogP contribution in [-0.4, -0.2) is 133 Å². The number of ether oxygens (including phenoxy) is 5. The molecule has 18 atom stereocenters. The summed E-state index contributed by atoms with van der Waals surface area (Å²) in [4.78, 5) is 25.7. The van der Waals surface area contributed by atoms with Crippen LogP contribution in [0.25, 0.3) is 0 Å². The number of aliphatic hydroxyl groups is 7. The quantitative estimate of drug-likeness (QED) is 0.107. The lowest BCUT2D eigenvalue weighted by molar-refractivity contribution is -0.364. The SMILES string of the molecule is CC1OC(OC2CCC3(C=O)C4CCC5(C)C(C6=CC(=O)OC6)CCC5(O)C4CCC3(OC3OC(C)C(O)C(O)C3O)C2)C(O)C(O)C1O. The molecule has 7 N–H and O–H groups in total. The molecule has 276 valence electrons. The van der Waals surface area contributed by atoms with E-state index in [2.05, 4.69) is 6.92 Å². The molecule has 0 aromatic rings. The van der Waals surface area contributed by atoms with Gasteiger partial charge >= 0.3 is 5.97 Å². The number of carbonyl (C=O) groups is 2. The number of carbonyl (C=O) groups excluding carboxylic acids is 2. The Kier molecular flexibility index (Phi) is 9.17. The number of aldehydes is 1. The standard InChI is InChI=1S/C35H52O14/c1-16-24(38)26(40)28(42)30(46-16)48-19-4-9-33(15-36)21-5-8-32(3)20(18-12-23(37)45-14-18)7-11-35(32,44)22(21)6-10-34(33,13-19)49-31-29(43)27(41)25(39)17(2)47-31/h12,15-17,19-22,24-31,38-44H,4-11,13-14H2,1-3H3. The Balaban J connectivity index is 1.22. The predicted molar refractivity (Wildman–Crippen MR) is 166 cm³/mol. The molecule has 6 fully saturated rings. The third-order valence-corrected chi connectivity index (χ3v) is 14.1. The van der Waals surface area contributed by atoms with Gasteiger partial charge in [0.05, 0.1) is 34.9 Å². The van der Waals surface area contributed by atoms with Gasteiger partial charge in [0.15, 0.2) is 12.6 Å². The monoisotopic (exact) mass is 696 g/mol. The molecule has 14 nitrogen and oxygen atoms in total. The maximum atomic E-state index is 13.8. The minimum Gasteiger partial charge on any atom is -0.458 e. The number of rotatable bonds is 6. The highest BCUT2D eigenvalue weighted by atomic mass is 16.7. The Morgan fingerprint density at radius 3 is 2.06 bits per heavy atom. The molecule has 3 aliphatic heterocycles. The average molecular weight is 697 g/mol. The van der Waals surface area contributed by atoms with Gasteiger partial charge in [-0.25, -0.2) is 4.79 Å². The summed E-state index contributed by atoms with van der Waals surface area (Å²) in [5, 5.41) is 76.2. The molecule has 14 heteroatoms. The molecule has 7 aliphatic rings. The van der Waals surface area contributed by atoms with Crippen molar-refractivity contribution in [2.75, 3.05) is 6.61 Å². The van der Waals surface area contributed by atoms with Crippen molar-refractivity contribution in [3.05, 3.63) is 11.6 Å². The first-order valence-corrected chi connectivity index (χ1v) is 17.9. The second-order valence-electron chi connectivity index (χ2n) is 16.2. The van der Waals surface area contributed by atoms with Crippen molar-refractivity contribution in [1.29, 1.82) is 0 Å². The molecule has 4 aliphatic carbocycles. The fourth-order valence-electron chi connectivity index (χ4n) is 11.3. The van der Waals surface area contributed by atoms with Crippen molar-refractivity contribution in [2.45, 2.75) is 157 Å². The van der Waals surface area contributed by atoms with E-state index in [4.69, 9.17) is 23.7 Å². The molecular formula is C35H52O14. The normalized spacial score (nSPS) is 55.9. The predicted octanol–water partition coefficient (Wildman–Crippen LogP) is -0.398. The van der Waals surface area contributed by atoms with Crippen LogP contribution < -0.4 is 0 Å². The minimum absolute atomic E-state index is 0.0393.